The van der Waals surface area contributed by atoms with Crippen molar-refractivity contribution in [2.45, 2.75) is 75.6 Å². The molecule has 3 unspecified atom stereocenters. The van der Waals surface area contributed by atoms with E-state index >= 15 is 0 Å². The molecule has 6 fully saturated rings. The van der Waals surface area contributed by atoms with Crippen LogP contribution in [0.1, 0.15) is 88.0 Å². The number of likely N-dealkylation sites (tertiary alicyclic amines) is 1. The van der Waals surface area contributed by atoms with Gasteiger partial charge in [0.05, 0.1) is 21.7 Å². The van der Waals surface area contributed by atoms with E-state index in [4.69, 9.17) is 16.3 Å². The van der Waals surface area contributed by atoms with Crippen LogP contribution in [0.3, 0.4) is 0 Å². The van der Waals surface area contributed by atoms with E-state index in [0.717, 1.165) is 106 Å². The SMILES string of the molecule is N#Cc1ccc(OC2CC3CCC(C2)N3C(=O)c2ccc(N3CC4(CN(CC5CCN(c6ccc7c(c6)C(=O)N(C6CCC(=O)NC6=O)C7=O)CC5)C4)C3)cc2)cc1Cl. The Labute approximate surface area is 347 Å². The Hall–Kier alpha value is -5.45. The van der Waals surface area contributed by atoms with Gasteiger partial charge in [-0.15, -0.1) is 0 Å². The Morgan fingerprint density at radius 1 is 0.814 bits per heavy atom. The Morgan fingerprint density at radius 2 is 1.51 bits per heavy atom. The highest BCUT2D eigenvalue weighted by atomic mass is 35.5. The van der Waals surface area contributed by atoms with E-state index in [2.05, 4.69) is 43.1 Å². The first-order valence-corrected chi connectivity index (χ1v) is 21.3. The molecule has 1 N–H and O–H groups in total. The molecule has 7 heterocycles. The standard InChI is InChI=1S/C45H46ClN7O6/c46-38-20-34(9-3-29(38)21-47)59-35-17-32-6-7-33(18-35)52(32)42(56)28-1-4-30(5-2-28)51-25-45(26-51)23-49(24-45)22-27-13-15-50(16-14-27)31-8-10-36-37(19-31)44(58)53(43(36)57)39-11-12-40(54)48-41(39)55/h1-5,8-10,19-20,27,32-33,35,39H,6-7,11-18,22-26H2,(H,48,54,55). The molecule has 6 saturated heterocycles. The van der Waals surface area contributed by atoms with Crippen molar-refractivity contribution >= 4 is 52.5 Å². The molecule has 14 heteroatoms. The molecule has 1 spiro atoms. The molecule has 3 aromatic rings. The average Bonchev–Trinajstić information content (AvgIpc) is 3.62. The minimum absolute atomic E-state index is 0.00584. The molecule has 0 saturated carbocycles. The minimum Gasteiger partial charge on any atom is -0.490 e. The Balaban J connectivity index is 0.668. The summed E-state index contributed by atoms with van der Waals surface area (Å²) in [6, 6.07) is 20.1. The fourth-order valence-corrected chi connectivity index (χ4v) is 11.2. The van der Waals surface area contributed by atoms with Gasteiger partial charge in [0.2, 0.25) is 11.8 Å². The first-order valence-electron chi connectivity index (χ1n) is 20.9. The van der Waals surface area contributed by atoms with Crippen molar-refractivity contribution in [1.29, 1.82) is 5.26 Å². The number of halogens is 1. The summed E-state index contributed by atoms with van der Waals surface area (Å²) >= 11 is 6.23. The van der Waals surface area contributed by atoms with Gasteiger partial charge in [0.25, 0.3) is 17.7 Å². The van der Waals surface area contributed by atoms with Crippen molar-refractivity contribution in [1.82, 2.24) is 20.0 Å². The number of ether oxygens (including phenoxy) is 1. The summed E-state index contributed by atoms with van der Waals surface area (Å²) in [5.74, 6) is -0.582. The summed E-state index contributed by atoms with van der Waals surface area (Å²) in [4.78, 5) is 74.7. The topological polar surface area (TPSA) is 147 Å². The third-order valence-corrected chi connectivity index (χ3v) is 14.2. The van der Waals surface area contributed by atoms with Crippen molar-refractivity contribution < 1.29 is 28.7 Å². The molecule has 7 aliphatic rings. The number of amides is 5. The van der Waals surface area contributed by atoms with Crippen LogP contribution in [0.4, 0.5) is 11.4 Å². The van der Waals surface area contributed by atoms with Gasteiger partial charge < -0.3 is 24.3 Å². The smallest absolute Gasteiger partial charge is 0.262 e. The lowest BCUT2D eigenvalue weighted by atomic mass is 9.72. The number of nitrogens with zero attached hydrogens (tertiary/aromatic N) is 6. The Bertz CT molecular complexity index is 2280. The van der Waals surface area contributed by atoms with E-state index in [9.17, 15) is 29.2 Å². The summed E-state index contributed by atoms with van der Waals surface area (Å²) in [6.45, 7) is 7.08. The third-order valence-electron chi connectivity index (χ3n) is 13.9. The van der Waals surface area contributed by atoms with Crippen molar-refractivity contribution in [2.75, 3.05) is 55.6 Å². The molecule has 0 aliphatic carbocycles. The fourth-order valence-electron chi connectivity index (χ4n) is 10.9. The third kappa shape index (κ3) is 6.80. The number of hydrogen-bond acceptors (Lipinski definition) is 10. The molecular formula is C45H46ClN7O6. The lowest BCUT2D eigenvalue weighted by Gasteiger charge is -2.61. The maximum absolute atomic E-state index is 13.8. The van der Waals surface area contributed by atoms with Crippen LogP contribution in [0.15, 0.2) is 60.7 Å². The first-order chi connectivity index (χ1) is 28.5. The van der Waals surface area contributed by atoms with Gasteiger partial charge in [-0.05, 0) is 92.6 Å². The Morgan fingerprint density at radius 3 is 2.19 bits per heavy atom. The van der Waals surface area contributed by atoms with Gasteiger partial charge in [0.1, 0.15) is 24.0 Å². The van der Waals surface area contributed by atoms with Crippen LogP contribution in [0.2, 0.25) is 5.02 Å². The highest BCUT2D eigenvalue weighted by molar-refractivity contribution is 6.31. The van der Waals surface area contributed by atoms with Crippen LogP contribution in [0.5, 0.6) is 5.75 Å². The highest BCUT2D eigenvalue weighted by Crippen LogP contribution is 2.44. The number of carbonyl (C=O) groups excluding carboxylic acids is 5. The maximum atomic E-state index is 13.8. The summed E-state index contributed by atoms with van der Waals surface area (Å²) in [6.07, 6.45) is 5.87. The predicted molar refractivity (Wildman–Crippen MR) is 218 cm³/mol. The number of carbonyl (C=O) groups is 5. The zero-order valence-electron chi connectivity index (χ0n) is 32.8. The molecule has 3 atom stereocenters. The van der Waals surface area contributed by atoms with Crippen LogP contribution in [0.25, 0.3) is 0 Å². The summed E-state index contributed by atoms with van der Waals surface area (Å²) in [5, 5.41) is 11.8. The quantitative estimate of drug-likeness (QED) is 0.313. The molecule has 2 bridgehead atoms. The molecule has 304 valence electrons. The molecular weight excluding hydrogens is 770 g/mol. The molecule has 7 aliphatic heterocycles. The van der Waals surface area contributed by atoms with Gasteiger partial charge in [-0.3, -0.25) is 34.2 Å². The first kappa shape index (κ1) is 37.8. The fraction of sp³-hybridized carbons (Fsp3) is 0.467. The zero-order chi connectivity index (χ0) is 40.6. The number of hydrogen-bond donors (Lipinski definition) is 1. The number of benzene rings is 3. The van der Waals surface area contributed by atoms with Crippen LogP contribution in [-0.2, 0) is 9.59 Å². The van der Waals surface area contributed by atoms with Gasteiger partial charge >= 0.3 is 0 Å². The van der Waals surface area contributed by atoms with Crippen LogP contribution < -0.4 is 19.9 Å². The van der Waals surface area contributed by atoms with Crippen molar-refractivity contribution in [3.63, 3.8) is 0 Å². The lowest BCUT2D eigenvalue weighted by Crippen LogP contribution is -2.72. The highest BCUT2D eigenvalue weighted by Gasteiger charge is 2.52. The minimum atomic E-state index is -0.964. The lowest BCUT2D eigenvalue weighted by molar-refractivity contribution is -0.136. The number of rotatable bonds is 8. The maximum Gasteiger partial charge on any atom is 0.262 e. The summed E-state index contributed by atoms with van der Waals surface area (Å²) < 4.78 is 6.27. The largest absolute Gasteiger partial charge is 0.490 e. The van der Waals surface area contributed by atoms with E-state index in [1.165, 1.54) is 0 Å². The van der Waals surface area contributed by atoms with Gasteiger partial charge in [-0.25, -0.2) is 0 Å². The van der Waals surface area contributed by atoms with Crippen LogP contribution >= 0.6 is 11.6 Å². The molecule has 59 heavy (non-hydrogen) atoms. The number of anilines is 2. The second-order valence-electron chi connectivity index (χ2n) is 17.7. The summed E-state index contributed by atoms with van der Waals surface area (Å²) in [7, 11) is 0. The van der Waals surface area contributed by atoms with E-state index in [1.54, 1.807) is 30.3 Å². The molecule has 0 aromatic heterocycles. The number of fused-ring (bicyclic) bond motifs is 3. The Kier molecular flexibility index (Phi) is 9.40. The van der Waals surface area contributed by atoms with Crippen molar-refractivity contribution in [2.24, 2.45) is 11.3 Å². The predicted octanol–water partition coefficient (Wildman–Crippen LogP) is 4.87. The number of nitriles is 1. The van der Waals surface area contributed by atoms with E-state index in [1.807, 2.05) is 18.2 Å². The monoisotopic (exact) mass is 815 g/mol. The second kappa shape index (κ2) is 14.7. The van der Waals surface area contributed by atoms with E-state index in [0.29, 0.717) is 38.8 Å². The summed E-state index contributed by atoms with van der Waals surface area (Å²) in [5.41, 5.74) is 4.20. The van der Waals surface area contributed by atoms with Gasteiger partial charge in [-0.1, -0.05) is 11.6 Å². The molecule has 0 radical (unpaired) electrons. The van der Waals surface area contributed by atoms with Gasteiger partial charge in [-0.2, -0.15) is 5.26 Å². The zero-order valence-corrected chi connectivity index (χ0v) is 33.5. The molecule has 3 aromatic carbocycles. The molecule has 5 amide bonds. The van der Waals surface area contributed by atoms with Crippen LogP contribution in [0, 0.1) is 22.7 Å². The average molecular weight is 816 g/mol. The molecule has 13 nitrogen and oxygen atoms in total. The van der Waals surface area contributed by atoms with Gasteiger partial charge in [0, 0.05) is 106 Å². The van der Waals surface area contributed by atoms with Gasteiger partial charge in [0.15, 0.2) is 0 Å². The number of piperidine rings is 3. The second-order valence-corrected chi connectivity index (χ2v) is 18.1. The van der Waals surface area contributed by atoms with Crippen molar-refractivity contribution in [3.8, 4) is 11.8 Å². The number of nitrogens with one attached hydrogen (secondary N) is 1. The van der Waals surface area contributed by atoms with E-state index in [-0.39, 0.29) is 42.8 Å². The number of imide groups is 2. The molecule has 10 rings (SSSR count). The van der Waals surface area contributed by atoms with Crippen LogP contribution in [-0.4, -0.2) is 114 Å². The van der Waals surface area contributed by atoms with E-state index < -0.39 is 23.8 Å². The van der Waals surface area contributed by atoms with Crippen molar-refractivity contribution in [3.05, 3.63) is 87.9 Å². The normalized spacial score (nSPS) is 26.4.